The van der Waals surface area contributed by atoms with Gasteiger partial charge in [-0.15, -0.1) is 0 Å². The van der Waals surface area contributed by atoms with Gasteiger partial charge in [0, 0.05) is 12.7 Å². The lowest BCUT2D eigenvalue weighted by atomic mass is 10.1. The Balaban J connectivity index is 3.13. The number of nitrogens with two attached hydrogens (primary N) is 1. The molecule has 70 valence electrons. The van der Waals surface area contributed by atoms with Crippen LogP contribution in [0, 0.1) is 0 Å². The summed E-state index contributed by atoms with van der Waals surface area (Å²) in [5.74, 6) is -0.371. The fourth-order valence-corrected chi connectivity index (χ4v) is 1.06. The highest BCUT2D eigenvalue weighted by Gasteiger charge is 2.10. The van der Waals surface area contributed by atoms with Crippen LogP contribution in [-0.4, -0.2) is 20.1 Å². The number of rotatable bonds is 2. The molecular formula is C9H12N2O2. The van der Waals surface area contributed by atoms with E-state index in [0.717, 1.165) is 0 Å². The molecule has 0 saturated carbocycles. The van der Waals surface area contributed by atoms with E-state index in [1.54, 1.807) is 25.2 Å². The van der Waals surface area contributed by atoms with Gasteiger partial charge in [-0.2, -0.15) is 0 Å². The maximum absolute atomic E-state index is 11.2. The number of carbonyl (C=O) groups is 1. The molecule has 3 N–H and O–H groups in total. The van der Waals surface area contributed by atoms with Crippen molar-refractivity contribution in [1.29, 1.82) is 0 Å². The normalized spacial score (nSPS) is 9.38. The zero-order valence-corrected chi connectivity index (χ0v) is 7.63. The van der Waals surface area contributed by atoms with Crippen LogP contribution in [0.4, 0.5) is 11.4 Å². The Hall–Kier alpha value is -1.71. The van der Waals surface area contributed by atoms with Crippen molar-refractivity contribution < 1.29 is 9.53 Å². The van der Waals surface area contributed by atoms with Crippen molar-refractivity contribution in [2.75, 3.05) is 25.2 Å². The van der Waals surface area contributed by atoms with Crippen LogP contribution in [0.25, 0.3) is 0 Å². The molecule has 13 heavy (non-hydrogen) atoms. The second kappa shape index (κ2) is 3.80. The number of esters is 1. The number of nitrogen functional groups attached to an aromatic ring is 1. The van der Waals surface area contributed by atoms with E-state index in [1.807, 2.05) is 0 Å². The Morgan fingerprint density at radius 2 is 2.23 bits per heavy atom. The molecule has 4 heteroatoms. The molecule has 0 aliphatic carbocycles. The number of carbonyl (C=O) groups excluding carboxylic acids is 1. The first-order valence-electron chi connectivity index (χ1n) is 3.84. The smallest absolute Gasteiger partial charge is 0.339 e. The predicted molar refractivity (Wildman–Crippen MR) is 51.7 cm³/mol. The molecule has 0 saturated heterocycles. The summed E-state index contributed by atoms with van der Waals surface area (Å²) in [6, 6.07) is 4.98. The maximum Gasteiger partial charge on any atom is 0.339 e. The maximum atomic E-state index is 11.2. The van der Waals surface area contributed by atoms with Gasteiger partial charge in [0.05, 0.1) is 18.4 Å². The van der Waals surface area contributed by atoms with E-state index in [4.69, 9.17) is 5.73 Å². The Kier molecular flexibility index (Phi) is 2.74. The number of ether oxygens (including phenoxy) is 1. The van der Waals surface area contributed by atoms with E-state index in [2.05, 4.69) is 10.1 Å². The third kappa shape index (κ3) is 1.90. The fraction of sp³-hybridized carbons (Fsp3) is 0.222. The number of anilines is 2. The molecule has 0 fully saturated rings. The number of methoxy groups -OCH3 is 1. The van der Waals surface area contributed by atoms with Crippen molar-refractivity contribution in [2.24, 2.45) is 0 Å². The van der Waals surface area contributed by atoms with Crippen LogP contribution in [-0.2, 0) is 4.74 Å². The first-order valence-corrected chi connectivity index (χ1v) is 3.84. The molecule has 0 amide bonds. The van der Waals surface area contributed by atoms with E-state index in [-0.39, 0.29) is 5.97 Å². The minimum atomic E-state index is -0.371. The summed E-state index contributed by atoms with van der Waals surface area (Å²) >= 11 is 0. The van der Waals surface area contributed by atoms with Crippen LogP contribution in [0.3, 0.4) is 0 Å². The highest BCUT2D eigenvalue weighted by Crippen LogP contribution is 2.19. The van der Waals surface area contributed by atoms with E-state index >= 15 is 0 Å². The summed E-state index contributed by atoms with van der Waals surface area (Å²) in [6.07, 6.45) is 0. The summed E-state index contributed by atoms with van der Waals surface area (Å²) in [5, 5.41) is 2.87. The molecule has 0 heterocycles. The van der Waals surface area contributed by atoms with Crippen molar-refractivity contribution >= 4 is 17.3 Å². The minimum Gasteiger partial charge on any atom is -0.465 e. The number of benzene rings is 1. The summed E-state index contributed by atoms with van der Waals surface area (Å²) in [4.78, 5) is 11.2. The average molecular weight is 180 g/mol. The second-order valence-corrected chi connectivity index (χ2v) is 2.55. The third-order valence-electron chi connectivity index (χ3n) is 1.72. The van der Waals surface area contributed by atoms with Crippen LogP contribution < -0.4 is 11.1 Å². The van der Waals surface area contributed by atoms with Crippen molar-refractivity contribution in [3.8, 4) is 0 Å². The lowest BCUT2D eigenvalue weighted by Gasteiger charge is -2.07. The summed E-state index contributed by atoms with van der Waals surface area (Å²) in [6.45, 7) is 0. The first-order chi connectivity index (χ1) is 6.19. The molecule has 0 aromatic heterocycles. The molecule has 0 aliphatic heterocycles. The minimum absolute atomic E-state index is 0.371. The van der Waals surface area contributed by atoms with Crippen LogP contribution in [0.15, 0.2) is 18.2 Å². The fourth-order valence-electron chi connectivity index (χ4n) is 1.06. The van der Waals surface area contributed by atoms with Gasteiger partial charge in [0.15, 0.2) is 0 Å². The summed E-state index contributed by atoms with van der Waals surface area (Å²) in [5.41, 5.74) is 7.32. The molecule has 1 aromatic carbocycles. The van der Waals surface area contributed by atoms with E-state index in [9.17, 15) is 4.79 Å². The van der Waals surface area contributed by atoms with Gasteiger partial charge < -0.3 is 15.8 Å². The molecule has 0 unspecified atom stereocenters. The van der Waals surface area contributed by atoms with Crippen LogP contribution in [0.5, 0.6) is 0 Å². The quantitative estimate of drug-likeness (QED) is 0.528. The van der Waals surface area contributed by atoms with Gasteiger partial charge in [-0.3, -0.25) is 0 Å². The zero-order chi connectivity index (χ0) is 9.84. The van der Waals surface area contributed by atoms with Crippen molar-refractivity contribution in [2.45, 2.75) is 0 Å². The van der Waals surface area contributed by atoms with Crippen molar-refractivity contribution in [3.05, 3.63) is 23.8 Å². The van der Waals surface area contributed by atoms with Crippen molar-refractivity contribution in [3.63, 3.8) is 0 Å². The lowest BCUT2D eigenvalue weighted by molar-refractivity contribution is 0.0602. The zero-order valence-electron chi connectivity index (χ0n) is 7.63. The number of nitrogens with one attached hydrogen (secondary N) is 1. The molecule has 0 aliphatic rings. The van der Waals surface area contributed by atoms with Gasteiger partial charge in [-0.1, -0.05) is 0 Å². The van der Waals surface area contributed by atoms with Crippen LogP contribution >= 0.6 is 0 Å². The standard InChI is InChI=1S/C9H12N2O2/c1-11-8-5-6(10)3-4-7(8)9(12)13-2/h3-5,11H,10H2,1-2H3. The van der Waals surface area contributed by atoms with Crippen molar-refractivity contribution in [1.82, 2.24) is 0 Å². The Bertz CT molecular complexity index is 323. The molecule has 0 radical (unpaired) electrons. The third-order valence-corrected chi connectivity index (χ3v) is 1.72. The van der Waals surface area contributed by atoms with Gasteiger partial charge >= 0.3 is 5.97 Å². The molecular weight excluding hydrogens is 168 g/mol. The number of hydrogen-bond donors (Lipinski definition) is 2. The van der Waals surface area contributed by atoms with Gasteiger partial charge in [-0.25, -0.2) is 4.79 Å². The van der Waals surface area contributed by atoms with Crippen LogP contribution in [0.1, 0.15) is 10.4 Å². The average Bonchev–Trinajstić information content (AvgIpc) is 2.16. The summed E-state index contributed by atoms with van der Waals surface area (Å²) in [7, 11) is 3.07. The topological polar surface area (TPSA) is 64.3 Å². The highest BCUT2D eigenvalue weighted by atomic mass is 16.5. The first kappa shape index (κ1) is 9.38. The molecule has 0 bridgehead atoms. The van der Waals surface area contributed by atoms with Gasteiger partial charge in [0.2, 0.25) is 0 Å². The number of hydrogen-bond acceptors (Lipinski definition) is 4. The predicted octanol–water partition coefficient (Wildman–Crippen LogP) is 1.10. The molecule has 4 nitrogen and oxygen atoms in total. The Morgan fingerprint density at radius 1 is 1.54 bits per heavy atom. The van der Waals surface area contributed by atoms with Gasteiger partial charge in [0.1, 0.15) is 0 Å². The van der Waals surface area contributed by atoms with Gasteiger partial charge in [-0.05, 0) is 18.2 Å². The lowest BCUT2D eigenvalue weighted by Crippen LogP contribution is -2.06. The Labute approximate surface area is 76.7 Å². The monoisotopic (exact) mass is 180 g/mol. The summed E-state index contributed by atoms with van der Waals surface area (Å²) < 4.78 is 4.60. The van der Waals surface area contributed by atoms with E-state index < -0.39 is 0 Å². The SMILES string of the molecule is CNc1cc(N)ccc1C(=O)OC. The van der Waals surface area contributed by atoms with Crippen LogP contribution in [0.2, 0.25) is 0 Å². The van der Waals surface area contributed by atoms with Gasteiger partial charge in [0.25, 0.3) is 0 Å². The van der Waals surface area contributed by atoms with E-state index in [1.165, 1.54) is 7.11 Å². The molecule has 0 spiro atoms. The highest BCUT2D eigenvalue weighted by molar-refractivity contribution is 5.96. The Morgan fingerprint density at radius 3 is 2.77 bits per heavy atom. The molecule has 0 atom stereocenters. The largest absolute Gasteiger partial charge is 0.465 e. The van der Waals surface area contributed by atoms with E-state index in [0.29, 0.717) is 16.9 Å². The molecule has 1 aromatic rings. The molecule has 1 rings (SSSR count). The second-order valence-electron chi connectivity index (χ2n) is 2.55.